The van der Waals surface area contributed by atoms with E-state index in [4.69, 9.17) is 0 Å². The van der Waals surface area contributed by atoms with Crippen molar-refractivity contribution in [3.05, 3.63) is 77.5 Å². The highest BCUT2D eigenvalue weighted by atomic mass is 15.3. The molecule has 1 aromatic carbocycles. The van der Waals surface area contributed by atoms with E-state index in [1.165, 1.54) is 0 Å². The number of nitrogens with zero attached hydrogens (tertiary/aromatic N) is 6. The lowest BCUT2D eigenvalue weighted by atomic mass is 10.1. The Morgan fingerprint density at radius 2 is 1.87 bits per heavy atom. The molecule has 30 heavy (non-hydrogen) atoms. The van der Waals surface area contributed by atoms with Gasteiger partial charge in [0.1, 0.15) is 5.82 Å². The van der Waals surface area contributed by atoms with E-state index >= 15 is 0 Å². The van der Waals surface area contributed by atoms with Gasteiger partial charge in [-0.2, -0.15) is 5.10 Å². The van der Waals surface area contributed by atoms with Gasteiger partial charge in [0.05, 0.1) is 11.4 Å². The van der Waals surface area contributed by atoms with Crippen LogP contribution >= 0.6 is 0 Å². The smallest absolute Gasteiger partial charge is 0.191 e. The first kappa shape index (κ1) is 19.6. The van der Waals surface area contributed by atoms with Crippen LogP contribution in [0.2, 0.25) is 0 Å². The molecule has 154 valence electrons. The van der Waals surface area contributed by atoms with Gasteiger partial charge < -0.3 is 10.6 Å². The second kappa shape index (κ2) is 8.77. The molecule has 8 nitrogen and oxygen atoms in total. The number of fused-ring (bicyclic) bond motifs is 1. The number of para-hydroxylation sites is 1. The summed E-state index contributed by atoms with van der Waals surface area (Å²) in [5.74, 6) is 1.66. The van der Waals surface area contributed by atoms with Gasteiger partial charge in [0.25, 0.3) is 0 Å². The zero-order valence-electron chi connectivity index (χ0n) is 17.5. The average Bonchev–Trinajstić information content (AvgIpc) is 3.33. The molecule has 0 bridgehead atoms. The second-order valence-electron chi connectivity index (χ2n) is 7.12. The predicted molar refractivity (Wildman–Crippen MR) is 118 cm³/mol. The van der Waals surface area contributed by atoms with Gasteiger partial charge >= 0.3 is 0 Å². The van der Waals surface area contributed by atoms with Crippen molar-refractivity contribution in [3.8, 4) is 5.69 Å². The lowest BCUT2D eigenvalue weighted by molar-refractivity contribution is 0.754. The number of guanidine groups is 1. The molecule has 0 atom stereocenters. The van der Waals surface area contributed by atoms with E-state index in [9.17, 15) is 0 Å². The molecule has 0 saturated carbocycles. The molecule has 0 fully saturated rings. The molecule has 0 aliphatic carbocycles. The number of aryl methyl sites for hydroxylation is 2. The fourth-order valence-electron chi connectivity index (χ4n) is 3.49. The van der Waals surface area contributed by atoms with Crippen LogP contribution in [-0.4, -0.2) is 43.9 Å². The van der Waals surface area contributed by atoms with Crippen molar-refractivity contribution in [2.45, 2.75) is 26.8 Å². The fraction of sp³-hybridized carbons (Fsp3) is 0.273. The predicted octanol–water partition coefficient (Wildman–Crippen LogP) is 2.44. The van der Waals surface area contributed by atoms with Gasteiger partial charge in [-0.25, -0.2) is 4.68 Å². The molecule has 0 radical (unpaired) electrons. The zero-order chi connectivity index (χ0) is 20.9. The lowest BCUT2D eigenvalue weighted by Crippen LogP contribution is -2.38. The van der Waals surface area contributed by atoms with Crippen LogP contribution < -0.4 is 10.6 Å². The van der Waals surface area contributed by atoms with E-state index < -0.39 is 0 Å². The summed E-state index contributed by atoms with van der Waals surface area (Å²) in [5.41, 5.74) is 5.20. The molecule has 0 saturated heterocycles. The Hall–Kier alpha value is -3.68. The van der Waals surface area contributed by atoms with Crippen molar-refractivity contribution in [2.24, 2.45) is 4.99 Å². The largest absolute Gasteiger partial charge is 0.356 e. The maximum absolute atomic E-state index is 4.62. The maximum Gasteiger partial charge on any atom is 0.191 e. The normalized spacial score (nSPS) is 11.8. The molecular formula is C22H26N8. The van der Waals surface area contributed by atoms with Crippen molar-refractivity contribution >= 4 is 11.6 Å². The number of pyridine rings is 1. The summed E-state index contributed by atoms with van der Waals surface area (Å²) in [4.78, 5) is 4.34. The van der Waals surface area contributed by atoms with Crippen LogP contribution in [0, 0.1) is 13.8 Å². The van der Waals surface area contributed by atoms with E-state index in [1.807, 2.05) is 52.5 Å². The van der Waals surface area contributed by atoms with Crippen LogP contribution in [0.3, 0.4) is 0 Å². The Balaban J connectivity index is 1.38. The van der Waals surface area contributed by atoms with Crippen molar-refractivity contribution in [1.82, 2.24) is 35.0 Å². The molecule has 2 N–H and O–H groups in total. The van der Waals surface area contributed by atoms with E-state index in [0.29, 0.717) is 13.1 Å². The molecule has 0 aliphatic rings. The summed E-state index contributed by atoms with van der Waals surface area (Å²) in [6.07, 6.45) is 2.72. The first-order valence-corrected chi connectivity index (χ1v) is 10.0. The molecule has 3 aromatic heterocycles. The first-order chi connectivity index (χ1) is 14.7. The zero-order valence-corrected chi connectivity index (χ0v) is 17.5. The van der Waals surface area contributed by atoms with Gasteiger partial charge in [0.2, 0.25) is 0 Å². The Labute approximate surface area is 175 Å². The van der Waals surface area contributed by atoms with Crippen LogP contribution in [-0.2, 0) is 13.0 Å². The molecule has 4 aromatic rings. The highest BCUT2D eigenvalue weighted by molar-refractivity contribution is 5.79. The van der Waals surface area contributed by atoms with Crippen LogP contribution in [0.1, 0.15) is 22.8 Å². The first-order valence-electron chi connectivity index (χ1n) is 10.0. The Morgan fingerprint density at radius 1 is 1.03 bits per heavy atom. The van der Waals surface area contributed by atoms with Crippen LogP contribution in [0.15, 0.2) is 59.7 Å². The number of rotatable bonds is 6. The van der Waals surface area contributed by atoms with Crippen molar-refractivity contribution < 1.29 is 0 Å². The van der Waals surface area contributed by atoms with E-state index in [0.717, 1.165) is 46.5 Å². The summed E-state index contributed by atoms with van der Waals surface area (Å²) in [5, 5.41) is 19.8. The van der Waals surface area contributed by atoms with Crippen LogP contribution in [0.5, 0.6) is 0 Å². The number of aliphatic imine (C=N–C) groups is 1. The summed E-state index contributed by atoms with van der Waals surface area (Å²) in [6, 6.07) is 16.2. The van der Waals surface area contributed by atoms with E-state index in [2.05, 4.69) is 56.0 Å². The second-order valence-corrected chi connectivity index (χ2v) is 7.12. The van der Waals surface area contributed by atoms with Crippen molar-refractivity contribution in [1.29, 1.82) is 0 Å². The molecular weight excluding hydrogens is 376 g/mol. The number of benzene rings is 1. The Bertz CT molecular complexity index is 1170. The summed E-state index contributed by atoms with van der Waals surface area (Å²) in [7, 11) is 1.77. The minimum absolute atomic E-state index is 0.641. The molecule has 3 heterocycles. The minimum atomic E-state index is 0.641. The molecule has 4 rings (SSSR count). The average molecular weight is 403 g/mol. The fourth-order valence-corrected chi connectivity index (χ4v) is 3.49. The SMILES string of the molecule is CN=C(NCCc1nnc2ccccn12)NCc1ccccc1-n1nc(C)cc1C. The number of hydrogen-bond donors (Lipinski definition) is 2. The van der Waals surface area contributed by atoms with Gasteiger partial charge in [0.15, 0.2) is 11.6 Å². The third-order valence-electron chi connectivity index (χ3n) is 4.92. The van der Waals surface area contributed by atoms with Gasteiger partial charge in [0, 0.05) is 38.4 Å². The quantitative estimate of drug-likeness (QED) is 0.382. The number of nitrogens with one attached hydrogen (secondary N) is 2. The van der Waals surface area contributed by atoms with E-state index in [-0.39, 0.29) is 0 Å². The topological polar surface area (TPSA) is 84.4 Å². The molecule has 0 unspecified atom stereocenters. The molecule has 0 aliphatic heterocycles. The number of hydrogen-bond acceptors (Lipinski definition) is 4. The van der Waals surface area contributed by atoms with Gasteiger partial charge in [-0.3, -0.25) is 9.39 Å². The molecule has 0 spiro atoms. The monoisotopic (exact) mass is 402 g/mol. The van der Waals surface area contributed by atoms with Gasteiger partial charge in [-0.1, -0.05) is 24.3 Å². The van der Waals surface area contributed by atoms with Crippen LogP contribution in [0.25, 0.3) is 11.3 Å². The Morgan fingerprint density at radius 3 is 2.67 bits per heavy atom. The maximum atomic E-state index is 4.62. The number of aromatic nitrogens is 5. The summed E-state index contributed by atoms with van der Waals surface area (Å²) in [6.45, 7) is 5.42. The Kier molecular flexibility index (Phi) is 5.74. The van der Waals surface area contributed by atoms with E-state index in [1.54, 1.807) is 7.05 Å². The summed E-state index contributed by atoms with van der Waals surface area (Å²) >= 11 is 0. The molecule has 0 amide bonds. The lowest BCUT2D eigenvalue weighted by Gasteiger charge is -2.15. The highest BCUT2D eigenvalue weighted by Gasteiger charge is 2.10. The standard InChI is InChI=1S/C22H26N8/c1-16-14-17(2)30(28-16)19-9-5-4-8-18(19)15-25-22(23-3)24-12-11-21-27-26-20-10-6-7-13-29(20)21/h4-10,13-14H,11-12,15H2,1-3H3,(H2,23,24,25). The van der Waals surface area contributed by atoms with Crippen molar-refractivity contribution in [2.75, 3.05) is 13.6 Å². The molecule has 8 heteroatoms. The minimum Gasteiger partial charge on any atom is -0.356 e. The third kappa shape index (κ3) is 4.17. The van der Waals surface area contributed by atoms with Gasteiger partial charge in [-0.15, -0.1) is 10.2 Å². The van der Waals surface area contributed by atoms with Crippen LogP contribution in [0.4, 0.5) is 0 Å². The summed E-state index contributed by atoms with van der Waals surface area (Å²) < 4.78 is 3.99. The third-order valence-corrected chi connectivity index (χ3v) is 4.92. The van der Waals surface area contributed by atoms with Crippen molar-refractivity contribution in [3.63, 3.8) is 0 Å². The van der Waals surface area contributed by atoms with Gasteiger partial charge in [-0.05, 0) is 43.7 Å². The highest BCUT2D eigenvalue weighted by Crippen LogP contribution is 2.16.